The molecule has 0 saturated heterocycles. The van der Waals surface area contributed by atoms with Crippen molar-refractivity contribution in [3.8, 4) is 5.75 Å². The topological polar surface area (TPSA) is 64.6 Å². The summed E-state index contributed by atoms with van der Waals surface area (Å²) in [6.07, 6.45) is -1.21. The molecule has 5 nitrogen and oxygen atoms in total. The SMILES string of the molecule is COc1ccc(NC(=O)[C@@H](OC(=O)c2ccc(F)cc2)c2ccccc2)cc1Cl. The predicted octanol–water partition coefficient (Wildman–Crippen LogP) is 5.02. The van der Waals surface area contributed by atoms with Crippen LogP contribution >= 0.6 is 11.6 Å². The van der Waals surface area contributed by atoms with E-state index in [1.165, 1.54) is 25.3 Å². The highest BCUT2D eigenvalue weighted by atomic mass is 35.5. The number of anilines is 1. The van der Waals surface area contributed by atoms with Gasteiger partial charge in [0.05, 0.1) is 17.7 Å². The molecule has 3 rings (SSSR count). The van der Waals surface area contributed by atoms with Gasteiger partial charge in [-0.05, 0) is 42.5 Å². The van der Waals surface area contributed by atoms with Gasteiger partial charge in [0.1, 0.15) is 11.6 Å². The summed E-state index contributed by atoms with van der Waals surface area (Å²) < 4.78 is 23.6. The normalized spacial score (nSPS) is 11.4. The zero-order chi connectivity index (χ0) is 20.8. The van der Waals surface area contributed by atoms with Gasteiger partial charge >= 0.3 is 5.97 Å². The number of amides is 1. The van der Waals surface area contributed by atoms with Crippen LogP contribution in [0.4, 0.5) is 10.1 Å². The summed E-state index contributed by atoms with van der Waals surface area (Å²) in [4.78, 5) is 25.3. The summed E-state index contributed by atoms with van der Waals surface area (Å²) in [7, 11) is 1.49. The van der Waals surface area contributed by atoms with Crippen LogP contribution < -0.4 is 10.1 Å². The third-order valence-corrected chi connectivity index (χ3v) is 4.36. The summed E-state index contributed by atoms with van der Waals surface area (Å²) in [5.41, 5.74) is 1.03. The van der Waals surface area contributed by atoms with E-state index >= 15 is 0 Å². The number of benzene rings is 3. The highest BCUT2D eigenvalue weighted by Crippen LogP contribution is 2.28. The average molecular weight is 414 g/mol. The first kappa shape index (κ1) is 20.4. The number of halogens is 2. The number of hydrogen-bond donors (Lipinski definition) is 1. The lowest BCUT2D eigenvalue weighted by atomic mass is 10.1. The molecule has 0 aliphatic rings. The molecule has 0 unspecified atom stereocenters. The van der Waals surface area contributed by atoms with Gasteiger partial charge < -0.3 is 14.8 Å². The number of methoxy groups -OCH3 is 1. The van der Waals surface area contributed by atoms with Gasteiger partial charge in [-0.3, -0.25) is 4.79 Å². The third kappa shape index (κ3) is 5.12. The molecule has 3 aromatic carbocycles. The molecular weight excluding hydrogens is 397 g/mol. The summed E-state index contributed by atoms with van der Waals surface area (Å²) in [5.74, 6) is -1.32. The van der Waals surface area contributed by atoms with Crippen LogP contribution in [-0.4, -0.2) is 19.0 Å². The monoisotopic (exact) mass is 413 g/mol. The molecule has 0 saturated carbocycles. The van der Waals surface area contributed by atoms with Crippen LogP contribution in [0, 0.1) is 5.82 Å². The Kier molecular flexibility index (Phi) is 6.46. The van der Waals surface area contributed by atoms with E-state index in [1.807, 2.05) is 0 Å². The summed E-state index contributed by atoms with van der Waals surface area (Å²) in [6.45, 7) is 0. The van der Waals surface area contributed by atoms with Crippen molar-refractivity contribution in [2.45, 2.75) is 6.10 Å². The van der Waals surface area contributed by atoms with Crippen LogP contribution in [0.5, 0.6) is 5.75 Å². The van der Waals surface area contributed by atoms with E-state index in [-0.39, 0.29) is 5.56 Å². The number of carbonyl (C=O) groups is 2. The molecular formula is C22H17ClFNO4. The van der Waals surface area contributed by atoms with Gasteiger partial charge in [0.15, 0.2) is 0 Å². The summed E-state index contributed by atoms with van der Waals surface area (Å²) in [5, 5.41) is 3.01. The van der Waals surface area contributed by atoms with Crippen molar-refractivity contribution in [1.82, 2.24) is 0 Å². The number of carbonyl (C=O) groups excluding carboxylic acids is 2. The Hall–Kier alpha value is -3.38. The molecule has 0 bridgehead atoms. The minimum absolute atomic E-state index is 0.132. The lowest BCUT2D eigenvalue weighted by molar-refractivity contribution is -0.125. The van der Waals surface area contributed by atoms with Crippen LogP contribution in [0.2, 0.25) is 5.02 Å². The summed E-state index contributed by atoms with van der Waals surface area (Å²) >= 11 is 6.09. The second kappa shape index (κ2) is 9.21. The molecule has 1 N–H and O–H groups in total. The van der Waals surface area contributed by atoms with Crippen molar-refractivity contribution in [1.29, 1.82) is 0 Å². The molecule has 0 fully saturated rings. The molecule has 0 spiro atoms. The van der Waals surface area contributed by atoms with Gasteiger partial charge in [0, 0.05) is 11.3 Å². The van der Waals surface area contributed by atoms with Crippen LogP contribution in [0.25, 0.3) is 0 Å². The van der Waals surface area contributed by atoms with Crippen molar-refractivity contribution in [3.05, 3.63) is 94.8 Å². The van der Waals surface area contributed by atoms with Crippen molar-refractivity contribution in [3.63, 3.8) is 0 Å². The lowest BCUT2D eigenvalue weighted by Crippen LogP contribution is -2.26. The fourth-order valence-corrected chi connectivity index (χ4v) is 2.87. The smallest absolute Gasteiger partial charge is 0.339 e. The minimum atomic E-state index is -1.21. The molecule has 1 amide bonds. The molecule has 1 atom stereocenters. The maximum absolute atomic E-state index is 13.1. The Labute approximate surface area is 172 Å². The molecule has 0 radical (unpaired) electrons. The molecule has 148 valence electrons. The first-order valence-corrected chi connectivity index (χ1v) is 9.01. The lowest BCUT2D eigenvalue weighted by Gasteiger charge is -2.18. The third-order valence-electron chi connectivity index (χ3n) is 4.06. The first-order chi connectivity index (χ1) is 14.0. The fraction of sp³-hybridized carbons (Fsp3) is 0.0909. The van der Waals surface area contributed by atoms with Crippen LogP contribution in [-0.2, 0) is 9.53 Å². The van der Waals surface area contributed by atoms with Crippen molar-refractivity contribution in [2.24, 2.45) is 0 Å². The van der Waals surface area contributed by atoms with E-state index in [2.05, 4.69) is 5.32 Å². The van der Waals surface area contributed by atoms with Crippen LogP contribution in [0.3, 0.4) is 0 Å². The predicted molar refractivity (Wildman–Crippen MR) is 108 cm³/mol. The molecule has 7 heteroatoms. The number of hydrogen-bond acceptors (Lipinski definition) is 4. The van der Waals surface area contributed by atoms with E-state index in [4.69, 9.17) is 21.1 Å². The van der Waals surface area contributed by atoms with Crippen molar-refractivity contribution < 1.29 is 23.5 Å². The van der Waals surface area contributed by atoms with E-state index in [0.29, 0.717) is 22.0 Å². The number of rotatable bonds is 6. The second-order valence-corrected chi connectivity index (χ2v) is 6.45. The van der Waals surface area contributed by atoms with Gasteiger partial charge in [-0.2, -0.15) is 0 Å². The first-order valence-electron chi connectivity index (χ1n) is 8.64. The van der Waals surface area contributed by atoms with Gasteiger partial charge in [-0.25, -0.2) is 9.18 Å². The number of nitrogens with one attached hydrogen (secondary N) is 1. The maximum Gasteiger partial charge on any atom is 0.339 e. The van der Waals surface area contributed by atoms with E-state index in [0.717, 1.165) is 12.1 Å². The molecule has 0 aliphatic carbocycles. The molecule has 0 heterocycles. The Morgan fingerprint density at radius 2 is 1.69 bits per heavy atom. The Bertz CT molecular complexity index is 1010. The number of ether oxygens (including phenoxy) is 2. The van der Waals surface area contributed by atoms with E-state index in [1.54, 1.807) is 42.5 Å². The Morgan fingerprint density at radius 1 is 1.00 bits per heavy atom. The molecule has 3 aromatic rings. The zero-order valence-corrected chi connectivity index (χ0v) is 16.2. The summed E-state index contributed by atoms with van der Waals surface area (Å²) in [6, 6.07) is 18.2. The fourth-order valence-electron chi connectivity index (χ4n) is 2.61. The van der Waals surface area contributed by atoms with Crippen molar-refractivity contribution in [2.75, 3.05) is 12.4 Å². The van der Waals surface area contributed by atoms with E-state index < -0.39 is 23.8 Å². The van der Waals surface area contributed by atoms with E-state index in [9.17, 15) is 14.0 Å². The average Bonchev–Trinajstić information content (AvgIpc) is 2.73. The highest BCUT2D eigenvalue weighted by Gasteiger charge is 2.26. The Balaban J connectivity index is 1.83. The van der Waals surface area contributed by atoms with Gasteiger partial charge in [-0.15, -0.1) is 0 Å². The number of esters is 1. The Morgan fingerprint density at radius 3 is 2.31 bits per heavy atom. The zero-order valence-electron chi connectivity index (χ0n) is 15.4. The molecule has 0 aliphatic heterocycles. The van der Waals surface area contributed by atoms with Crippen LogP contribution in [0.15, 0.2) is 72.8 Å². The van der Waals surface area contributed by atoms with Gasteiger partial charge in [-0.1, -0.05) is 41.9 Å². The van der Waals surface area contributed by atoms with Gasteiger partial charge in [0.2, 0.25) is 6.10 Å². The molecule has 29 heavy (non-hydrogen) atoms. The standard InChI is InChI=1S/C22H17ClFNO4/c1-28-19-12-11-17(13-18(19)23)25-21(26)20(14-5-3-2-4-6-14)29-22(27)15-7-9-16(24)10-8-15/h2-13,20H,1H3,(H,25,26)/t20-/m0/s1. The quantitative estimate of drug-likeness (QED) is 0.576. The minimum Gasteiger partial charge on any atom is -0.495 e. The van der Waals surface area contributed by atoms with Gasteiger partial charge in [0.25, 0.3) is 5.91 Å². The van der Waals surface area contributed by atoms with Crippen molar-refractivity contribution >= 4 is 29.2 Å². The molecule has 0 aromatic heterocycles. The maximum atomic E-state index is 13.1. The second-order valence-electron chi connectivity index (χ2n) is 6.04. The van der Waals surface area contributed by atoms with Crippen LogP contribution in [0.1, 0.15) is 22.0 Å². The highest BCUT2D eigenvalue weighted by molar-refractivity contribution is 6.32. The largest absolute Gasteiger partial charge is 0.495 e.